The van der Waals surface area contributed by atoms with Gasteiger partial charge in [-0.15, -0.1) is 0 Å². The standard InChI is InChI=1S/C13H10O.4K/c14-13(11-7-3-1-4-8-11)12-9-5-2-6-10-12;;;;/h1-10H;;;;. The Morgan fingerprint density at radius 3 is 1.11 bits per heavy atom. The largest absolute Gasteiger partial charge is 0.289 e. The van der Waals surface area contributed by atoms with Crippen molar-refractivity contribution >= 4 is 211 Å². The summed E-state index contributed by atoms with van der Waals surface area (Å²) < 4.78 is 0. The second-order valence-corrected chi connectivity index (χ2v) is 3.06. The average molecular weight is 339 g/mol. The summed E-state index contributed by atoms with van der Waals surface area (Å²) in [5.74, 6) is 0.0752. The maximum Gasteiger partial charge on any atom is 0.193 e. The number of carbonyl (C=O) groups excluding carboxylic acids is 1. The van der Waals surface area contributed by atoms with Gasteiger partial charge in [0.1, 0.15) is 0 Å². The Bertz CT molecular complexity index is 390. The van der Waals surface area contributed by atoms with Crippen LogP contribution in [0.25, 0.3) is 0 Å². The summed E-state index contributed by atoms with van der Waals surface area (Å²) >= 11 is 0. The molecule has 2 rings (SSSR count). The molecular formula is C13H10K4O. The van der Waals surface area contributed by atoms with E-state index in [1.165, 1.54) is 0 Å². The summed E-state index contributed by atoms with van der Waals surface area (Å²) in [6, 6.07) is 18.6. The molecule has 0 N–H and O–H groups in total. The SMILES string of the molecule is O=C(c1ccccc1)c1ccccc1.[K].[K].[K].[K]. The van der Waals surface area contributed by atoms with E-state index >= 15 is 0 Å². The van der Waals surface area contributed by atoms with Crippen LogP contribution in [-0.2, 0) is 0 Å². The molecule has 0 amide bonds. The zero-order valence-corrected chi connectivity index (χ0v) is 24.2. The van der Waals surface area contributed by atoms with Crippen LogP contribution in [0.4, 0.5) is 0 Å². The molecule has 0 saturated heterocycles. The number of hydrogen-bond donors (Lipinski definition) is 0. The van der Waals surface area contributed by atoms with Crippen LogP contribution in [0.15, 0.2) is 60.7 Å². The Morgan fingerprint density at radius 2 is 0.833 bits per heavy atom. The van der Waals surface area contributed by atoms with E-state index in [2.05, 4.69) is 0 Å². The Kier molecular flexibility index (Phi) is 25.2. The quantitative estimate of drug-likeness (QED) is 0.597. The van der Waals surface area contributed by atoms with Crippen molar-refractivity contribution in [2.24, 2.45) is 0 Å². The summed E-state index contributed by atoms with van der Waals surface area (Å²) in [6.45, 7) is 0. The van der Waals surface area contributed by atoms with Gasteiger partial charge in [0.2, 0.25) is 0 Å². The first kappa shape index (κ1) is 27.5. The summed E-state index contributed by atoms with van der Waals surface area (Å²) in [7, 11) is 0. The molecule has 0 aliphatic heterocycles. The monoisotopic (exact) mass is 338 g/mol. The van der Waals surface area contributed by atoms with E-state index in [1.807, 2.05) is 60.7 Å². The van der Waals surface area contributed by atoms with Crippen molar-refractivity contribution in [3.63, 3.8) is 0 Å². The molecule has 0 spiro atoms. The van der Waals surface area contributed by atoms with Gasteiger partial charge < -0.3 is 0 Å². The number of benzene rings is 2. The van der Waals surface area contributed by atoms with Crippen molar-refractivity contribution in [1.82, 2.24) is 0 Å². The minimum absolute atomic E-state index is 0. The van der Waals surface area contributed by atoms with Crippen molar-refractivity contribution in [2.75, 3.05) is 0 Å². The van der Waals surface area contributed by atoms with Crippen molar-refractivity contribution in [3.05, 3.63) is 71.8 Å². The smallest absolute Gasteiger partial charge is 0.193 e. The molecular weight excluding hydrogens is 329 g/mol. The topological polar surface area (TPSA) is 17.1 Å². The second kappa shape index (κ2) is 16.5. The third kappa shape index (κ3) is 9.72. The Balaban J connectivity index is -0.000000562. The summed E-state index contributed by atoms with van der Waals surface area (Å²) in [5, 5.41) is 0. The first-order valence-electron chi connectivity index (χ1n) is 4.53. The van der Waals surface area contributed by atoms with Gasteiger partial charge in [-0.3, -0.25) is 4.79 Å². The predicted octanol–water partition coefficient (Wildman–Crippen LogP) is 1.39. The predicted molar refractivity (Wildman–Crippen MR) is 79.3 cm³/mol. The number of hydrogen-bond acceptors (Lipinski definition) is 1. The maximum atomic E-state index is 11.8. The molecule has 0 aliphatic carbocycles. The molecule has 0 unspecified atom stereocenters. The molecule has 2 aromatic rings. The molecule has 72 valence electrons. The molecule has 4 radical (unpaired) electrons. The van der Waals surface area contributed by atoms with Gasteiger partial charge in [0.15, 0.2) is 5.78 Å². The van der Waals surface area contributed by atoms with Crippen LogP contribution in [0.5, 0.6) is 0 Å². The average Bonchev–Trinajstić information content (AvgIpc) is 2.30. The van der Waals surface area contributed by atoms with E-state index in [0.29, 0.717) is 0 Å². The van der Waals surface area contributed by atoms with Gasteiger partial charge in [-0.25, -0.2) is 0 Å². The summed E-state index contributed by atoms with van der Waals surface area (Å²) in [4.78, 5) is 11.8. The molecule has 5 heteroatoms. The zero-order chi connectivity index (χ0) is 9.80. The molecule has 0 bridgehead atoms. The fourth-order valence-corrected chi connectivity index (χ4v) is 1.35. The number of ketones is 1. The van der Waals surface area contributed by atoms with Crippen LogP contribution in [-0.4, -0.2) is 211 Å². The third-order valence-electron chi connectivity index (χ3n) is 2.07. The molecule has 0 aromatic heterocycles. The van der Waals surface area contributed by atoms with E-state index in [1.54, 1.807) is 0 Å². The third-order valence-corrected chi connectivity index (χ3v) is 2.07. The van der Waals surface area contributed by atoms with Gasteiger partial charge in [-0.05, 0) is 0 Å². The minimum atomic E-state index is 0. The first-order chi connectivity index (χ1) is 6.88. The van der Waals surface area contributed by atoms with E-state index in [0.717, 1.165) is 11.1 Å². The van der Waals surface area contributed by atoms with Gasteiger partial charge in [-0.1, -0.05) is 60.7 Å². The molecule has 0 heterocycles. The molecule has 0 atom stereocenters. The summed E-state index contributed by atoms with van der Waals surface area (Å²) in [5.41, 5.74) is 1.47. The fraction of sp³-hybridized carbons (Fsp3) is 0. The fourth-order valence-electron chi connectivity index (χ4n) is 1.35. The van der Waals surface area contributed by atoms with Crippen molar-refractivity contribution < 1.29 is 4.79 Å². The van der Waals surface area contributed by atoms with Gasteiger partial charge in [0.05, 0.1) is 0 Å². The van der Waals surface area contributed by atoms with Crippen LogP contribution in [0, 0.1) is 0 Å². The Labute approximate surface area is 279 Å². The molecule has 1 nitrogen and oxygen atoms in total. The van der Waals surface area contributed by atoms with E-state index in [-0.39, 0.29) is 211 Å². The van der Waals surface area contributed by atoms with Crippen LogP contribution in [0.1, 0.15) is 15.9 Å². The van der Waals surface area contributed by atoms with E-state index in [9.17, 15) is 4.79 Å². The van der Waals surface area contributed by atoms with Gasteiger partial charge in [0, 0.05) is 217 Å². The Morgan fingerprint density at radius 1 is 0.556 bits per heavy atom. The van der Waals surface area contributed by atoms with Crippen LogP contribution < -0.4 is 0 Å². The summed E-state index contributed by atoms with van der Waals surface area (Å²) in [6.07, 6.45) is 0. The minimum Gasteiger partial charge on any atom is -0.289 e. The van der Waals surface area contributed by atoms with Crippen LogP contribution in [0.2, 0.25) is 0 Å². The van der Waals surface area contributed by atoms with Gasteiger partial charge in [0.25, 0.3) is 0 Å². The number of rotatable bonds is 2. The van der Waals surface area contributed by atoms with Gasteiger partial charge in [-0.2, -0.15) is 0 Å². The van der Waals surface area contributed by atoms with Crippen molar-refractivity contribution in [3.8, 4) is 0 Å². The van der Waals surface area contributed by atoms with Crippen molar-refractivity contribution in [1.29, 1.82) is 0 Å². The molecule has 0 aliphatic rings. The van der Waals surface area contributed by atoms with E-state index in [4.69, 9.17) is 0 Å². The molecule has 0 saturated carbocycles. The maximum absolute atomic E-state index is 11.8. The van der Waals surface area contributed by atoms with Gasteiger partial charge >= 0.3 is 0 Å². The second-order valence-electron chi connectivity index (χ2n) is 3.06. The normalized spacial score (nSPS) is 7.56. The first-order valence-corrected chi connectivity index (χ1v) is 4.53. The van der Waals surface area contributed by atoms with Crippen LogP contribution >= 0.6 is 0 Å². The molecule has 0 fully saturated rings. The number of carbonyl (C=O) groups is 1. The van der Waals surface area contributed by atoms with E-state index < -0.39 is 0 Å². The molecule has 2 aromatic carbocycles. The Hall–Kier alpha value is 4.66. The zero-order valence-electron chi connectivity index (χ0n) is 11.7. The molecule has 18 heavy (non-hydrogen) atoms. The van der Waals surface area contributed by atoms with Crippen LogP contribution in [0.3, 0.4) is 0 Å². The van der Waals surface area contributed by atoms with Crippen molar-refractivity contribution in [2.45, 2.75) is 0 Å².